The number of hydrogen-bond donors (Lipinski definition) is 2. The molecule has 9 heteroatoms. The van der Waals surface area contributed by atoms with Gasteiger partial charge in [-0.15, -0.1) is 11.3 Å². The van der Waals surface area contributed by atoms with E-state index in [4.69, 9.17) is 20.8 Å². The Hall–Kier alpha value is -3.62. The molecule has 0 saturated carbocycles. The number of thiophene rings is 1. The number of hydrogen-bond acceptors (Lipinski definition) is 6. The lowest BCUT2D eigenvalue weighted by Crippen LogP contribution is -2.15. The van der Waals surface area contributed by atoms with Crippen molar-refractivity contribution >= 4 is 46.1 Å². The second-order valence-electron chi connectivity index (χ2n) is 6.34. The molecule has 0 saturated heterocycles. The molecule has 0 aliphatic heterocycles. The van der Waals surface area contributed by atoms with Gasteiger partial charge in [0.15, 0.2) is 17.8 Å². The Labute approximate surface area is 186 Å². The van der Waals surface area contributed by atoms with Crippen LogP contribution in [0.15, 0.2) is 70.8 Å². The highest BCUT2D eigenvalue weighted by Crippen LogP contribution is 2.30. The molecule has 2 aromatic carbocycles. The summed E-state index contributed by atoms with van der Waals surface area (Å²) in [6, 6.07) is 15.3. The van der Waals surface area contributed by atoms with Crippen LogP contribution in [-0.4, -0.2) is 23.9 Å². The van der Waals surface area contributed by atoms with E-state index in [2.05, 4.69) is 15.6 Å². The number of oxazole rings is 1. The topological polar surface area (TPSA) is 93.5 Å². The first-order chi connectivity index (χ1) is 15.0. The van der Waals surface area contributed by atoms with Crippen LogP contribution in [0.2, 0.25) is 5.02 Å². The van der Waals surface area contributed by atoms with Gasteiger partial charge in [0.1, 0.15) is 5.75 Å². The quantitative estimate of drug-likeness (QED) is 0.398. The van der Waals surface area contributed by atoms with E-state index in [0.29, 0.717) is 38.3 Å². The van der Waals surface area contributed by atoms with Gasteiger partial charge in [0.25, 0.3) is 11.8 Å². The fraction of sp³-hybridized carbons (Fsp3) is 0.0455. The minimum atomic E-state index is -0.459. The smallest absolute Gasteiger partial charge is 0.278 e. The third-order valence-corrected chi connectivity index (χ3v) is 5.46. The second-order valence-corrected chi connectivity index (χ2v) is 7.72. The molecule has 0 bridgehead atoms. The summed E-state index contributed by atoms with van der Waals surface area (Å²) in [5.74, 6) is 0.0674. The van der Waals surface area contributed by atoms with Crippen LogP contribution < -0.4 is 15.4 Å². The number of anilines is 2. The summed E-state index contributed by atoms with van der Waals surface area (Å²) in [4.78, 5) is 29.9. The maximum atomic E-state index is 12.8. The van der Waals surface area contributed by atoms with Crippen LogP contribution in [0.5, 0.6) is 5.75 Å². The molecule has 0 aliphatic carbocycles. The van der Waals surface area contributed by atoms with Crippen molar-refractivity contribution in [2.24, 2.45) is 0 Å². The average Bonchev–Trinajstić information content (AvgIpc) is 3.47. The van der Waals surface area contributed by atoms with E-state index in [1.54, 1.807) is 54.6 Å². The zero-order chi connectivity index (χ0) is 21.8. The number of carbonyl (C=O) groups excluding carboxylic acids is 2. The molecule has 31 heavy (non-hydrogen) atoms. The summed E-state index contributed by atoms with van der Waals surface area (Å²) < 4.78 is 10.7. The van der Waals surface area contributed by atoms with E-state index in [1.165, 1.54) is 24.8 Å². The first kappa shape index (κ1) is 20.6. The number of methoxy groups -OCH3 is 1. The molecule has 0 atom stereocenters. The number of ether oxygens (including phenoxy) is 1. The van der Waals surface area contributed by atoms with Crippen molar-refractivity contribution in [2.75, 3.05) is 17.7 Å². The average molecular weight is 454 g/mol. The summed E-state index contributed by atoms with van der Waals surface area (Å²) in [6.45, 7) is 0. The van der Waals surface area contributed by atoms with Crippen molar-refractivity contribution in [3.05, 3.63) is 82.0 Å². The minimum absolute atomic E-state index is 0.127. The molecule has 2 aromatic heterocycles. The molecule has 2 N–H and O–H groups in total. The predicted octanol–water partition coefficient (Wildman–Crippen LogP) is 5.57. The Morgan fingerprint density at radius 2 is 1.87 bits per heavy atom. The van der Waals surface area contributed by atoms with Crippen molar-refractivity contribution in [1.29, 1.82) is 0 Å². The van der Waals surface area contributed by atoms with Crippen molar-refractivity contribution in [3.63, 3.8) is 0 Å². The summed E-state index contributed by atoms with van der Waals surface area (Å²) >= 11 is 7.25. The number of rotatable bonds is 6. The van der Waals surface area contributed by atoms with Crippen LogP contribution in [0.3, 0.4) is 0 Å². The van der Waals surface area contributed by atoms with Gasteiger partial charge in [-0.3, -0.25) is 9.59 Å². The Balaban J connectivity index is 1.56. The first-order valence-corrected chi connectivity index (χ1v) is 10.3. The molecule has 0 aliphatic rings. The monoisotopic (exact) mass is 453 g/mol. The first-order valence-electron chi connectivity index (χ1n) is 9.09. The molecular formula is C22H16ClN3O4S. The maximum Gasteiger partial charge on any atom is 0.278 e. The van der Waals surface area contributed by atoms with Gasteiger partial charge in [0, 0.05) is 16.3 Å². The fourth-order valence-electron chi connectivity index (χ4n) is 2.88. The molecule has 2 heterocycles. The molecule has 0 spiro atoms. The van der Waals surface area contributed by atoms with Crippen molar-refractivity contribution in [1.82, 2.24) is 4.98 Å². The summed E-state index contributed by atoms with van der Waals surface area (Å²) in [5.41, 5.74) is 1.68. The highest BCUT2D eigenvalue weighted by atomic mass is 35.5. The van der Waals surface area contributed by atoms with Gasteiger partial charge in [-0.1, -0.05) is 17.7 Å². The molecule has 4 aromatic rings. The molecule has 0 fully saturated rings. The second kappa shape index (κ2) is 9.03. The van der Waals surface area contributed by atoms with E-state index in [9.17, 15) is 9.59 Å². The molecule has 2 amide bonds. The molecule has 7 nitrogen and oxygen atoms in total. The molecular weight excluding hydrogens is 438 g/mol. The van der Waals surface area contributed by atoms with Gasteiger partial charge in [0.2, 0.25) is 0 Å². The number of nitrogens with one attached hydrogen (secondary N) is 2. The molecule has 156 valence electrons. The lowest BCUT2D eigenvalue weighted by Gasteiger charge is -2.12. The van der Waals surface area contributed by atoms with Gasteiger partial charge in [-0.25, -0.2) is 4.98 Å². The number of benzene rings is 2. The standard InChI is InChI=1S/C22H16ClN3O4S/c1-29-17-9-8-15(11-16(17)26-21(27)18-3-2-10-31-18)25-22(28)19-20(30-12-24-19)13-4-6-14(23)7-5-13/h2-12H,1H3,(H,25,28)(H,26,27). The van der Waals surface area contributed by atoms with Crippen LogP contribution in [-0.2, 0) is 0 Å². The predicted molar refractivity (Wildman–Crippen MR) is 120 cm³/mol. The van der Waals surface area contributed by atoms with E-state index in [1.807, 2.05) is 5.38 Å². The van der Waals surface area contributed by atoms with Gasteiger partial charge in [0.05, 0.1) is 17.7 Å². The highest BCUT2D eigenvalue weighted by molar-refractivity contribution is 7.12. The van der Waals surface area contributed by atoms with Gasteiger partial charge in [-0.05, 0) is 53.9 Å². The number of carbonyl (C=O) groups is 2. The van der Waals surface area contributed by atoms with E-state index >= 15 is 0 Å². The van der Waals surface area contributed by atoms with E-state index in [0.717, 1.165) is 0 Å². The Kier molecular flexibility index (Phi) is 6.01. The zero-order valence-corrected chi connectivity index (χ0v) is 17.8. The Bertz CT molecular complexity index is 1220. The van der Waals surface area contributed by atoms with Crippen molar-refractivity contribution < 1.29 is 18.7 Å². The normalized spacial score (nSPS) is 10.5. The van der Waals surface area contributed by atoms with E-state index in [-0.39, 0.29) is 11.6 Å². The third-order valence-electron chi connectivity index (χ3n) is 4.34. The minimum Gasteiger partial charge on any atom is -0.495 e. The van der Waals surface area contributed by atoms with Crippen LogP contribution in [0, 0.1) is 0 Å². The van der Waals surface area contributed by atoms with Crippen molar-refractivity contribution in [2.45, 2.75) is 0 Å². The van der Waals surface area contributed by atoms with Crippen LogP contribution in [0.25, 0.3) is 11.3 Å². The summed E-state index contributed by atoms with van der Waals surface area (Å²) in [6.07, 6.45) is 1.21. The highest BCUT2D eigenvalue weighted by Gasteiger charge is 2.19. The maximum absolute atomic E-state index is 12.8. The summed E-state index contributed by atoms with van der Waals surface area (Å²) in [7, 11) is 1.50. The Morgan fingerprint density at radius 1 is 1.06 bits per heavy atom. The number of aromatic nitrogens is 1. The molecule has 4 rings (SSSR count). The van der Waals surface area contributed by atoms with Crippen LogP contribution >= 0.6 is 22.9 Å². The number of halogens is 1. The molecule has 0 radical (unpaired) electrons. The fourth-order valence-corrected chi connectivity index (χ4v) is 3.62. The largest absolute Gasteiger partial charge is 0.495 e. The lowest BCUT2D eigenvalue weighted by atomic mass is 10.1. The molecule has 0 unspecified atom stereocenters. The van der Waals surface area contributed by atoms with Gasteiger partial charge < -0.3 is 19.8 Å². The zero-order valence-electron chi connectivity index (χ0n) is 16.2. The SMILES string of the molecule is COc1ccc(NC(=O)c2ncoc2-c2ccc(Cl)cc2)cc1NC(=O)c1cccs1. The lowest BCUT2D eigenvalue weighted by molar-refractivity contribution is 0.101. The Morgan fingerprint density at radius 3 is 2.58 bits per heavy atom. The van der Waals surface area contributed by atoms with Crippen LogP contribution in [0.1, 0.15) is 20.2 Å². The van der Waals surface area contributed by atoms with Gasteiger partial charge >= 0.3 is 0 Å². The van der Waals surface area contributed by atoms with Crippen molar-refractivity contribution in [3.8, 4) is 17.1 Å². The summed E-state index contributed by atoms with van der Waals surface area (Å²) in [5, 5.41) is 7.97. The number of amides is 2. The third kappa shape index (κ3) is 4.60. The number of nitrogens with zero attached hydrogens (tertiary/aromatic N) is 1. The van der Waals surface area contributed by atoms with Gasteiger partial charge in [-0.2, -0.15) is 0 Å². The van der Waals surface area contributed by atoms with Crippen LogP contribution in [0.4, 0.5) is 11.4 Å². The van der Waals surface area contributed by atoms with E-state index < -0.39 is 5.91 Å².